The molecule has 2 aromatic rings. The minimum absolute atomic E-state index is 0.0000113. The maximum absolute atomic E-state index is 10.7. The van der Waals surface area contributed by atoms with Gasteiger partial charge >= 0.3 is 0 Å². The van der Waals surface area contributed by atoms with Crippen LogP contribution in [0.3, 0.4) is 0 Å². The minimum atomic E-state index is -0.460. The van der Waals surface area contributed by atoms with Gasteiger partial charge in [0.15, 0.2) is 5.82 Å². The summed E-state index contributed by atoms with van der Waals surface area (Å²) in [7, 11) is 0. The van der Waals surface area contributed by atoms with E-state index in [-0.39, 0.29) is 12.3 Å². The van der Waals surface area contributed by atoms with Gasteiger partial charge in [-0.25, -0.2) is 9.97 Å². The summed E-state index contributed by atoms with van der Waals surface area (Å²) in [5.74, 6) is 0.411. The Morgan fingerprint density at radius 3 is 2.83 bits per heavy atom. The fraction of sp³-hybridized carbons (Fsp3) is 0.167. The number of aryl methyl sites for hydroxylation is 1. The van der Waals surface area contributed by atoms with Crippen LogP contribution in [0.5, 0.6) is 0 Å². The zero-order valence-electron chi connectivity index (χ0n) is 9.70. The van der Waals surface area contributed by atoms with E-state index in [9.17, 15) is 10.1 Å². The normalized spacial score (nSPS) is 10.3. The van der Waals surface area contributed by atoms with E-state index < -0.39 is 4.92 Å². The first kappa shape index (κ1) is 12.1. The molecule has 0 saturated carbocycles. The summed E-state index contributed by atoms with van der Waals surface area (Å²) >= 11 is 0. The Morgan fingerprint density at radius 1 is 1.44 bits per heavy atom. The molecule has 1 N–H and O–H groups in total. The quantitative estimate of drug-likeness (QED) is 0.658. The van der Waals surface area contributed by atoms with Gasteiger partial charge in [0.05, 0.1) is 11.5 Å². The molecule has 0 atom stereocenters. The summed E-state index contributed by atoms with van der Waals surface area (Å²) in [6.45, 7) is 1.63. The number of aromatic nitrogens is 2. The van der Waals surface area contributed by atoms with E-state index in [0.29, 0.717) is 22.6 Å². The highest BCUT2D eigenvalue weighted by Gasteiger charge is 2.10. The molecule has 0 unspecified atom stereocenters. The second kappa shape index (κ2) is 4.89. The van der Waals surface area contributed by atoms with Gasteiger partial charge in [-0.05, 0) is 6.92 Å². The Bertz CT molecular complexity index is 599. The smallest absolute Gasteiger partial charge is 0.270 e. The largest absolute Gasteiger partial charge is 0.392 e. The SMILES string of the molecule is Cc1nc(-c2cccc([N+](=O)[O-])c2)ncc1CO. The summed E-state index contributed by atoms with van der Waals surface area (Å²) in [4.78, 5) is 18.5. The van der Waals surface area contributed by atoms with Crippen LogP contribution < -0.4 is 0 Å². The molecule has 0 saturated heterocycles. The Hall–Kier alpha value is -2.34. The van der Waals surface area contributed by atoms with Crippen molar-refractivity contribution < 1.29 is 10.0 Å². The average Bonchev–Trinajstić information content (AvgIpc) is 2.38. The molecule has 0 amide bonds. The summed E-state index contributed by atoms with van der Waals surface area (Å²) in [5.41, 5.74) is 1.88. The van der Waals surface area contributed by atoms with Crippen LogP contribution in [0.1, 0.15) is 11.3 Å². The van der Waals surface area contributed by atoms with E-state index in [0.717, 1.165) is 0 Å². The molecule has 2 rings (SSSR count). The van der Waals surface area contributed by atoms with Crippen LogP contribution in [-0.2, 0) is 6.61 Å². The van der Waals surface area contributed by atoms with Crippen molar-refractivity contribution in [2.24, 2.45) is 0 Å². The lowest BCUT2D eigenvalue weighted by Gasteiger charge is -2.04. The first-order valence-electron chi connectivity index (χ1n) is 5.30. The Morgan fingerprint density at radius 2 is 2.22 bits per heavy atom. The fourth-order valence-corrected chi connectivity index (χ4v) is 1.54. The molecule has 92 valence electrons. The second-order valence-corrected chi connectivity index (χ2v) is 3.77. The van der Waals surface area contributed by atoms with Crippen LogP contribution in [0, 0.1) is 17.0 Å². The summed E-state index contributed by atoms with van der Waals surface area (Å²) in [6.07, 6.45) is 1.52. The fourth-order valence-electron chi connectivity index (χ4n) is 1.54. The number of nitrogens with zero attached hydrogens (tertiary/aromatic N) is 3. The summed E-state index contributed by atoms with van der Waals surface area (Å²) in [6, 6.07) is 6.14. The molecule has 1 heterocycles. The topological polar surface area (TPSA) is 89.2 Å². The molecule has 0 aliphatic rings. The molecule has 0 fully saturated rings. The molecule has 6 nitrogen and oxygen atoms in total. The van der Waals surface area contributed by atoms with Crippen LogP contribution in [0.25, 0.3) is 11.4 Å². The van der Waals surface area contributed by atoms with Crippen LogP contribution in [0.15, 0.2) is 30.5 Å². The average molecular weight is 245 g/mol. The van der Waals surface area contributed by atoms with Crippen molar-refractivity contribution in [3.63, 3.8) is 0 Å². The molecular weight excluding hydrogens is 234 g/mol. The van der Waals surface area contributed by atoms with Gasteiger partial charge < -0.3 is 5.11 Å². The number of aliphatic hydroxyl groups excluding tert-OH is 1. The van der Waals surface area contributed by atoms with E-state index in [4.69, 9.17) is 5.11 Å². The number of aliphatic hydroxyl groups is 1. The Kier molecular flexibility index (Phi) is 3.29. The molecular formula is C12H11N3O3. The van der Waals surface area contributed by atoms with Crippen molar-refractivity contribution in [2.45, 2.75) is 13.5 Å². The number of benzene rings is 1. The van der Waals surface area contributed by atoms with E-state index in [1.54, 1.807) is 19.1 Å². The zero-order valence-corrected chi connectivity index (χ0v) is 9.70. The van der Waals surface area contributed by atoms with Crippen molar-refractivity contribution in [1.29, 1.82) is 0 Å². The highest BCUT2D eigenvalue weighted by atomic mass is 16.6. The lowest BCUT2D eigenvalue weighted by atomic mass is 10.1. The van der Waals surface area contributed by atoms with Gasteiger partial charge in [0.1, 0.15) is 0 Å². The van der Waals surface area contributed by atoms with Gasteiger partial charge in [-0.3, -0.25) is 10.1 Å². The third kappa shape index (κ3) is 2.33. The van der Waals surface area contributed by atoms with Gasteiger partial charge in [-0.15, -0.1) is 0 Å². The zero-order chi connectivity index (χ0) is 13.1. The third-order valence-electron chi connectivity index (χ3n) is 2.57. The van der Waals surface area contributed by atoms with Gasteiger partial charge in [-0.1, -0.05) is 12.1 Å². The molecule has 0 aliphatic carbocycles. The number of nitro groups is 1. The Balaban J connectivity index is 2.45. The van der Waals surface area contributed by atoms with E-state index >= 15 is 0 Å². The van der Waals surface area contributed by atoms with Crippen LogP contribution in [-0.4, -0.2) is 20.0 Å². The number of hydrogen-bond donors (Lipinski definition) is 1. The van der Waals surface area contributed by atoms with E-state index in [1.165, 1.54) is 18.3 Å². The Labute approximate surface area is 103 Å². The molecule has 1 aromatic heterocycles. The van der Waals surface area contributed by atoms with E-state index in [1.807, 2.05) is 0 Å². The van der Waals surface area contributed by atoms with E-state index in [2.05, 4.69) is 9.97 Å². The van der Waals surface area contributed by atoms with Crippen molar-refractivity contribution in [3.05, 3.63) is 51.8 Å². The number of rotatable bonds is 3. The van der Waals surface area contributed by atoms with Crippen molar-refractivity contribution >= 4 is 5.69 Å². The molecule has 0 radical (unpaired) electrons. The van der Waals surface area contributed by atoms with Crippen LogP contribution in [0.2, 0.25) is 0 Å². The molecule has 18 heavy (non-hydrogen) atoms. The monoisotopic (exact) mass is 245 g/mol. The maximum atomic E-state index is 10.7. The molecule has 0 aliphatic heterocycles. The lowest BCUT2D eigenvalue weighted by Crippen LogP contribution is -1.98. The lowest BCUT2D eigenvalue weighted by molar-refractivity contribution is -0.384. The second-order valence-electron chi connectivity index (χ2n) is 3.77. The van der Waals surface area contributed by atoms with Gasteiger partial charge in [-0.2, -0.15) is 0 Å². The number of nitro benzene ring substituents is 1. The molecule has 0 bridgehead atoms. The predicted octanol–water partition coefficient (Wildman–Crippen LogP) is 1.85. The highest BCUT2D eigenvalue weighted by Crippen LogP contribution is 2.21. The highest BCUT2D eigenvalue weighted by molar-refractivity contribution is 5.59. The predicted molar refractivity (Wildman–Crippen MR) is 64.8 cm³/mol. The maximum Gasteiger partial charge on any atom is 0.270 e. The molecule has 0 spiro atoms. The first-order valence-corrected chi connectivity index (χ1v) is 5.30. The van der Waals surface area contributed by atoms with Crippen LogP contribution in [0.4, 0.5) is 5.69 Å². The molecule has 6 heteroatoms. The standard InChI is InChI=1S/C12H11N3O3/c1-8-10(7-16)6-13-12(14-8)9-3-2-4-11(5-9)15(17)18/h2-6,16H,7H2,1H3. The van der Waals surface area contributed by atoms with Crippen molar-refractivity contribution in [2.75, 3.05) is 0 Å². The third-order valence-corrected chi connectivity index (χ3v) is 2.57. The van der Waals surface area contributed by atoms with Crippen molar-refractivity contribution in [3.8, 4) is 11.4 Å². The van der Waals surface area contributed by atoms with Gasteiger partial charge in [0.2, 0.25) is 0 Å². The summed E-state index contributed by atoms with van der Waals surface area (Å²) in [5, 5.41) is 19.7. The summed E-state index contributed by atoms with van der Waals surface area (Å²) < 4.78 is 0. The van der Waals surface area contributed by atoms with Crippen molar-refractivity contribution in [1.82, 2.24) is 9.97 Å². The van der Waals surface area contributed by atoms with Gasteiger partial charge in [0, 0.05) is 35.2 Å². The molecule has 1 aromatic carbocycles. The van der Waals surface area contributed by atoms with Gasteiger partial charge in [0.25, 0.3) is 5.69 Å². The number of hydrogen-bond acceptors (Lipinski definition) is 5. The number of non-ortho nitro benzene ring substituents is 1. The minimum Gasteiger partial charge on any atom is -0.392 e. The first-order chi connectivity index (χ1) is 8.61. The van der Waals surface area contributed by atoms with Crippen LogP contribution >= 0.6 is 0 Å².